The summed E-state index contributed by atoms with van der Waals surface area (Å²) in [6.45, 7) is 0. The Morgan fingerprint density at radius 3 is 2.25 bits per heavy atom. The maximum absolute atomic E-state index is 11.6. The number of nitro groups is 1. The van der Waals surface area contributed by atoms with Crippen LogP contribution in [0, 0.1) is 10.1 Å². The summed E-state index contributed by atoms with van der Waals surface area (Å²) < 4.78 is 2.75. The van der Waals surface area contributed by atoms with Gasteiger partial charge in [0.15, 0.2) is 0 Å². The first-order chi connectivity index (χ1) is 7.43. The summed E-state index contributed by atoms with van der Waals surface area (Å²) >= 11 is 0. The summed E-state index contributed by atoms with van der Waals surface area (Å²) in [7, 11) is 3.15. The third kappa shape index (κ3) is 1.18. The van der Waals surface area contributed by atoms with Gasteiger partial charge in [0.1, 0.15) is 5.69 Å². The number of fused-ring (bicyclic) bond motifs is 1. The number of nitrogens with two attached hydrogens (primary N) is 1. The predicted octanol–water partition coefficient (Wildman–Crippen LogP) is 0.367. The van der Waals surface area contributed by atoms with E-state index in [2.05, 4.69) is 0 Å². The Labute approximate surface area is 89.8 Å². The summed E-state index contributed by atoms with van der Waals surface area (Å²) in [5.41, 5.74) is 6.25. The molecule has 16 heavy (non-hydrogen) atoms. The van der Waals surface area contributed by atoms with Gasteiger partial charge < -0.3 is 5.73 Å². The van der Waals surface area contributed by atoms with E-state index in [0.29, 0.717) is 11.0 Å². The fraction of sp³-hybridized carbons (Fsp3) is 0.222. The molecule has 1 heterocycles. The van der Waals surface area contributed by atoms with E-state index in [9.17, 15) is 14.9 Å². The Kier molecular flexibility index (Phi) is 1.97. The molecular weight excluding hydrogens is 212 g/mol. The topological polar surface area (TPSA) is 96.1 Å². The third-order valence-electron chi connectivity index (χ3n) is 2.62. The Hall–Kier alpha value is -2.31. The van der Waals surface area contributed by atoms with Crippen molar-refractivity contribution < 1.29 is 4.92 Å². The van der Waals surface area contributed by atoms with Gasteiger partial charge in [0.25, 0.3) is 5.69 Å². The van der Waals surface area contributed by atoms with Gasteiger partial charge in [0, 0.05) is 20.2 Å². The molecule has 0 radical (unpaired) electrons. The molecule has 0 atom stereocenters. The van der Waals surface area contributed by atoms with E-state index in [1.54, 1.807) is 14.1 Å². The molecule has 7 heteroatoms. The highest BCUT2D eigenvalue weighted by atomic mass is 16.6. The lowest BCUT2D eigenvalue weighted by atomic mass is 10.2. The van der Waals surface area contributed by atoms with Crippen molar-refractivity contribution in [3.05, 3.63) is 32.7 Å². The largest absolute Gasteiger partial charge is 0.393 e. The van der Waals surface area contributed by atoms with Crippen LogP contribution in [0.2, 0.25) is 0 Å². The van der Waals surface area contributed by atoms with Crippen LogP contribution in [0.25, 0.3) is 11.0 Å². The molecule has 0 unspecified atom stereocenters. The summed E-state index contributed by atoms with van der Waals surface area (Å²) in [5, 5.41) is 10.7. The van der Waals surface area contributed by atoms with E-state index in [1.807, 2.05) is 0 Å². The van der Waals surface area contributed by atoms with E-state index in [0.717, 1.165) is 0 Å². The molecule has 0 spiro atoms. The van der Waals surface area contributed by atoms with Gasteiger partial charge in [-0.1, -0.05) is 0 Å². The number of nitrogen functional groups attached to an aromatic ring is 1. The minimum atomic E-state index is -0.563. The zero-order valence-electron chi connectivity index (χ0n) is 8.80. The molecule has 0 bridgehead atoms. The van der Waals surface area contributed by atoms with Crippen molar-refractivity contribution in [2.24, 2.45) is 14.1 Å². The minimum Gasteiger partial charge on any atom is -0.393 e. The molecule has 0 aliphatic carbocycles. The molecule has 7 nitrogen and oxygen atoms in total. The first-order valence-corrected chi connectivity index (χ1v) is 4.53. The fourth-order valence-corrected chi connectivity index (χ4v) is 1.71. The van der Waals surface area contributed by atoms with Gasteiger partial charge in [0.2, 0.25) is 0 Å². The van der Waals surface area contributed by atoms with Gasteiger partial charge in [-0.15, -0.1) is 0 Å². The van der Waals surface area contributed by atoms with Crippen molar-refractivity contribution in [1.29, 1.82) is 0 Å². The summed E-state index contributed by atoms with van der Waals surface area (Å²) in [6.07, 6.45) is 0. The van der Waals surface area contributed by atoms with Crippen LogP contribution in [0.4, 0.5) is 11.4 Å². The summed E-state index contributed by atoms with van der Waals surface area (Å²) in [6, 6.07) is 2.75. The lowest BCUT2D eigenvalue weighted by molar-refractivity contribution is -0.383. The SMILES string of the molecule is Cn1c(=O)n(C)c2cc([N+](=O)[O-])c(N)cc21. The molecule has 0 amide bonds. The van der Waals surface area contributed by atoms with Gasteiger partial charge in [-0.25, -0.2) is 4.79 Å². The molecule has 0 saturated heterocycles. The van der Waals surface area contributed by atoms with Crippen LogP contribution >= 0.6 is 0 Å². The summed E-state index contributed by atoms with van der Waals surface area (Å²) in [4.78, 5) is 21.7. The number of benzene rings is 1. The predicted molar refractivity (Wildman–Crippen MR) is 59.2 cm³/mol. The van der Waals surface area contributed by atoms with Crippen molar-refractivity contribution in [3.8, 4) is 0 Å². The fourth-order valence-electron chi connectivity index (χ4n) is 1.71. The highest BCUT2D eigenvalue weighted by molar-refractivity contribution is 5.84. The average molecular weight is 222 g/mol. The number of nitro benzene ring substituents is 1. The zero-order valence-corrected chi connectivity index (χ0v) is 8.80. The second-order valence-corrected chi connectivity index (χ2v) is 3.56. The van der Waals surface area contributed by atoms with E-state index in [-0.39, 0.29) is 17.1 Å². The number of rotatable bonds is 1. The molecule has 0 fully saturated rings. The standard InChI is InChI=1S/C9H10N4O3/c1-11-7-3-5(10)6(13(15)16)4-8(7)12(2)9(11)14/h3-4H,10H2,1-2H3. The third-order valence-corrected chi connectivity index (χ3v) is 2.62. The molecule has 0 aliphatic rings. The van der Waals surface area contributed by atoms with Crippen LogP contribution in [-0.2, 0) is 14.1 Å². The second kappa shape index (κ2) is 3.09. The van der Waals surface area contributed by atoms with E-state index < -0.39 is 4.92 Å². The van der Waals surface area contributed by atoms with Crippen molar-refractivity contribution in [2.75, 3.05) is 5.73 Å². The molecule has 84 valence electrons. The van der Waals surface area contributed by atoms with E-state index in [4.69, 9.17) is 5.73 Å². The Morgan fingerprint density at radius 1 is 1.25 bits per heavy atom. The van der Waals surface area contributed by atoms with Gasteiger partial charge in [-0.05, 0) is 6.07 Å². The number of nitrogens with zero attached hydrogens (tertiary/aromatic N) is 3. The van der Waals surface area contributed by atoms with Crippen molar-refractivity contribution in [1.82, 2.24) is 9.13 Å². The second-order valence-electron chi connectivity index (χ2n) is 3.56. The van der Waals surface area contributed by atoms with Crippen LogP contribution in [0.1, 0.15) is 0 Å². The first kappa shape index (κ1) is 10.2. The Morgan fingerprint density at radius 2 is 1.75 bits per heavy atom. The molecule has 0 aliphatic heterocycles. The summed E-state index contributed by atoms with van der Waals surface area (Å²) in [5.74, 6) is 0. The van der Waals surface area contributed by atoms with Gasteiger partial charge in [-0.3, -0.25) is 19.2 Å². The Balaban J connectivity index is 2.96. The quantitative estimate of drug-likeness (QED) is 0.428. The van der Waals surface area contributed by atoms with Crippen LogP contribution < -0.4 is 11.4 Å². The van der Waals surface area contributed by atoms with E-state index in [1.165, 1.54) is 21.3 Å². The van der Waals surface area contributed by atoms with Crippen molar-refractivity contribution >= 4 is 22.4 Å². The van der Waals surface area contributed by atoms with Crippen LogP contribution in [0.5, 0.6) is 0 Å². The van der Waals surface area contributed by atoms with Gasteiger partial charge in [0.05, 0.1) is 16.0 Å². The number of aromatic nitrogens is 2. The molecular formula is C9H10N4O3. The number of hydrogen-bond donors (Lipinski definition) is 1. The highest BCUT2D eigenvalue weighted by Crippen LogP contribution is 2.26. The average Bonchev–Trinajstić information content (AvgIpc) is 2.43. The van der Waals surface area contributed by atoms with Crippen LogP contribution in [0.3, 0.4) is 0 Å². The molecule has 0 saturated carbocycles. The number of aryl methyl sites for hydroxylation is 2. The zero-order chi connectivity index (χ0) is 12.0. The number of imidazole rings is 1. The highest BCUT2D eigenvalue weighted by Gasteiger charge is 2.17. The monoisotopic (exact) mass is 222 g/mol. The number of hydrogen-bond acceptors (Lipinski definition) is 4. The minimum absolute atomic E-state index is 0.0544. The van der Waals surface area contributed by atoms with Crippen LogP contribution in [0.15, 0.2) is 16.9 Å². The first-order valence-electron chi connectivity index (χ1n) is 4.53. The normalized spacial score (nSPS) is 10.9. The smallest absolute Gasteiger partial charge is 0.328 e. The van der Waals surface area contributed by atoms with Crippen molar-refractivity contribution in [3.63, 3.8) is 0 Å². The maximum Gasteiger partial charge on any atom is 0.328 e. The maximum atomic E-state index is 11.6. The van der Waals surface area contributed by atoms with Gasteiger partial charge in [-0.2, -0.15) is 0 Å². The van der Waals surface area contributed by atoms with E-state index >= 15 is 0 Å². The molecule has 1 aromatic carbocycles. The number of anilines is 1. The lowest BCUT2D eigenvalue weighted by Crippen LogP contribution is -2.19. The molecule has 2 N–H and O–H groups in total. The molecule has 1 aromatic heterocycles. The molecule has 2 aromatic rings. The Bertz CT molecular complexity index is 653. The van der Waals surface area contributed by atoms with Crippen molar-refractivity contribution in [2.45, 2.75) is 0 Å². The van der Waals surface area contributed by atoms with Crippen LogP contribution in [-0.4, -0.2) is 14.1 Å². The molecule has 2 rings (SSSR count). The lowest BCUT2D eigenvalue weighted by Gasteiger charge is -1.99. The van der Waals surface area contributed by atoms with Gasteiger partial charge >= 0.3 is 5.69 Å².